The van der Waals surface area contributed by atoms with Crippen molar-refractivity contribution in [2.75, 3.05) is 6.54 Å². The maximum Gasteiger partial charge on any atom is 0.161 e. The topological polar surface area (TPSA) is 55.5 Å². The van der Waals surface area contributed by atoms with E-state index >= 15 is 0 Å². The molecule has 2 saturated carbocycles. The molecule has 2 aliphatic rings. The molecule has 1 atom stereocenters. The molecule has 3 rings (SSSR count). The van der Waals surface area contributed by atoms with Crippen LogP contribution in [0.25, 0.3) is 0 Å². The molecule has 0 spiro atoms. The van der Waals surface area contributed by atoms with Crippen LogP contribution in [0.15, 0.2) is 18.2 Å². The third-order valence-corrected chi connectivity index (χ3v) is 5.74. The van der Waals surface area contributed by atoms with Crippen molar-refractivity contribution in [3.63, 3.8) is 0 Å². The first-order valence-electron chi connectivity index (χ1n) is 8.64. The number of nitrogens with two attached hydrogens (primary N) is 1. The van der Waals surface area contributed by atoms with Crippen molar-refractivity contribution in [1.82, 2.24) is 0 Å². The van der Waals surface area contributed by atoms with E-state index in [1.165, 1.54) is 24.8 Å². The molecule has 3 heteroatoms. The first-order valence-corrected chi connectivity index (χ1v) is 8.64. The molecule has 122 valence electrons. The van der Waals surface area contributed by atoms with Crippen LogP contribution in [0.1, 0.15) is 64.4 Å². The van der Waals surface area contributed by atoms with Gasteiger partial charge < -0.3 is 15.6 Å². The van der Waals surface area contributed by atoms with Crippen LogP contribution in [0.2, 0.25) is 0 Å². The van der Waals surface area contributed by atoms with E-state index in [1.54, 1.807) is 6.07 Å². The molecular formula is C19H29NO2. The van der Waals surface area contributed by atoms with Gasteiger partial charge in [-0.2, -0.15) is 0 Å². The molecular weight excluding hydrogens is 274 g/mol. The number of hydrogen-bond acceptors (Lipinski definition) is 3. The number of rotatable bonds is 4. The second-order valence-electron chi connectivity index (χ2n) is 8.02. The highest BCUT2D eigenvalue weighted by molar-refractivity contribution is 5.45. The van der Waals surface area contributed by atoms with Crippen molar-refractivity contribution in [2.24, 2.45) is 11.1 Å². The summed E-state index contributed by atoms with van der Waals surface area (Å²) in [6, 6.07) is 5.85. The predicted octanol–water partition coefficient (Wildman–Crippen LogP) is 4.12. The van der Waals surface area contributed by atoms with Gasteiger partial charge in [0, 0.05) is 12.0 Å². The maximum absolute atomic E-state index is 10.2. The number of benzene rings is 1. The van der Waals surface area contributed by atoms with Gasteiger partial charge in [-0.05, 0) is 55.2 Å². The lowest BCUT2D eigenvalue weighted by molar-refractivity contribution is 0.186. The highest BCUT2D eigenvalue weighted by Crippen LogP contribution is 2.44. The van der Waals surface area contributed by atoms with Crippen LogP contribution in [0.3, 0.4) is 0 Å². The minimum Gasteiger partial charge on any atom is -0.504 e. The Labute approximate surface area is 133 Å². The van der Waals surface area contributed by atoms with Crippen LogP contribution in [-0.2, 0) is 5.41 Å². The molecule has 2 fully saturated rings. The van der Waals surface area contributed by atoms with E-state index in [2.05, 4.69) is 13.8 Å². The molecule has 2 aliphatic carbocycles. The lowest BCUT2D eigenvalue weighted by Gasteiger charge is -2.29. The Morgan fingerprint density at radius 3 is 2.55 bits per heavy atom. The predicted molar refractivity (Wildman–Crippen MR) is 89.4 cm³/mol. The third-order valence-electron chi connectivity index (χ3n) is 5.74. The molecule has 0 aromatic heterocycles. The summed E-state index contributed by atoms with van der Waals surface area (Å²) in [4.78, 5) is 0. The summed E-state index contributed by atoms with van der Waals surface area (Å²) in [5.41, 5.74) is 7.75. The number of hydrogen-bond donors (Lipinski definition) is 2. The van der Waals surface area contributed by atoms with Crippen LogP contribution >= 0.6 is 0 Å². The van der Waals surface area contributed by atoms with E-state index in [0.717, 1.165) is 25.7 Å². The molecule has 0 heterocycles. The first-order chi connectivity index (χ1) is 10.4. The van der Waals surface area contributed by atoms with Gasteiger partial charge in [0.1, 0.15) is 0 Å². The number of aromatic hydroxyl groups is 1. The zero-order valence-corrected chi connectivity index (χ0v) is 13.9. The van der Waals surface area contributed by atoms with E-state index < -0.39 is 0 Å². The number of phenolic OH excluding ortho intramolecular Hbond substituents is 1. The molecule has 1 aromatic rings. The molecule has 0 amide bonds. The summed E-state index contributed by atoms with van der Waals surface area (Å²) in [7, 11) is 0. The normalized spacial score (nSPS) is 26.2. The van der Waals surface area contributed by atoms with Gasteiger partial charge >= 0.3 is 0 Å². The lowest BCUT2D eigenvalue weighted by Crippen LogP contribution is -2.32. The van der Waals surface area contributed by atoms with Gasteiger partial charge in [0.05, 0.1) is 6.10 Å². The van der Waals surface area contributed by atoms with Crippen molar-refractivity contribution in [3.05, 3.63) is 23.8 Å². The Morgan fingerprint density at radius 1 is 1.23 bits per heavy atom. The van der Waals surface area contributed by atoms with Crippen molar-refractivity contribution in [2.45, 2.75) is 70.3 Å². The van der Waals surface area contributed by atoms with Crippen molar-refractivity contribution in [3.8, 4) is 11.5 Å². The van der Waals surface area contributed by atoms with Crippen LogP contribution in [0, 0.1) is 5.41 Å². The van der Waals surface area contributed by atoms with Gasteiger partial charge in [-0.15, -0.1) is 0 Å². The number of phenols is 1. The van der Waals surface area contributed by atoms with E-state index in [0.29, 0.717) is 17.7 Å². The van der Waals surface area contributed by atoms with E-state index in [1.807, 2.05) is 12.1 Å². The summed E-state index contributed by atoms with van der Waals surface area (Å²) in [5.74, 6) is 0.888. The molecule has 0 radical (unpaired) electrons. The largest absolute Gasteiger partial charge is 0.504 e. The molecule has 3 nitrogen and oxygen atoms in total. The zero-order valence-electron chi connectivity index (χ0n) is 13.9. The molecule has 0 saturated heterocycles. The van der Waals surface area contributed by atoms with Gasteiger partial charge in [0.15, 0.2) is 11.5 Å². The van der Waals surface area contributed by atoms with Crippen molar-refractivity contribution < 1.29 is 9.84 Å². The first kappa shape index (κ1) is 15.7. The van der Waals surface area contributed by atoms with Gasteiger partial charge in [0.2, 0.25) is 0 Å². The summed E-state index contributed by atoms with van der Waals surface area (Å²) in [6.07, 6.45) is 8.29. The van der Waals surface area contributed by atoms with E-state index in [-0.39, 0.29) is 17.3 Å². The summed E-state index contributed by atoms with van der Waals surface area (Å²) < 4.78 is 6.14. The summed E-state index contributed by atoms with van der Waals surface area (Å²) >= 11 is 0. The second-order valence-corrected chi connectivity index (χ2v) is 8.02. The molecule has 0 aliphatic heterocycles. The standard InChI is InChI=1S/C19H29NO2/c1-18(2)10-7-15(12-18)22-17-11-14(5-6-16(17)21)19(13-20)8-3-4-9-19/h5-6,11,15,21H,3-4,7-10,12-13,20H2,1-2H3. The fourth-order valence-electron chi connectivity index (χ4n) is 4.25. The molecule has 22 heavy (non-hydrogen) atoms. The van der Waals surface area contributed by atoms with Crippen LogP contribution in [-0.4, -0.2) is 17.8 Å². The van der Waals surface area contributed by atoms with Gasteiger partial charge in [0.25, 0.3) is 0 Å². The molecule has 0 bridgehead atoms. The van der Waals surface area contributed by atoms with Crippen LogP contribution < -0.4 is 10.5 Å². The zero-order chi connectivity index (χ0) is 15.8. The van der Waals surface area contributed by atoms with Crippen molar-refractivity contribution >= 4 is 0 Å². The Balaban J connectivity index is 1.81. The average molecular weight is 303 g/mol. The SMILES string of the molecule is CC1(C)CCC(Oc2cc(C3(CN)CCCC3)ccc2O)C1. The van der Waals surface area contributed by atoms with E-state index in [4.69, 9.17) is 10.5 Å². The molecule has 3 N–H and O–H groups in total. The van der Waals surface area contributed by atoms with Crippen molar-refractivity contribution in [1.29, 1.82) is 0 Å². The Morgan fingerprint density at radius 2 is 1.95 bits per heavy atom. The fraction of sp³-hybridized carbons (Fsp3) is 0.684. The third kappa shape index (κ3) is 2.96. The average Bonchev–Trinajstić information content (AvgIpc) is 3.09. The lowest BCUT2D eigenvalue weighted by atomic mass is 9.79. The summed E-state index contributed by atoms with van der Waals surface area (Å²) in [6.45, 7) is 5.25. The van der Waals surface area contributed by atoms with Crippen LogP contribution in [0.4, 0.5) is 0 Å². The van der Waals surface area contributed by atoms with Gasteiger partial charge in [-0.25, -0.2) is 0 Å². The second kappa shape index (κ2) is 5.77. The smallest absolute Gasteiger partial charge is 0.161 e. The quantitative estimate of drug-likeness (QED) is 0.879. The monoisotopic (exact) mass is 303 g/mol. The Bertz CT molecular complexity index is 532. The summed E-state index contributed by atoms with van der Waals surface area (Å²) in [5, 5.41) is 10.2. The van der Waals surface area contributed by atoms with Crippen LogP contribution in [0.5, 0.6) is 11.5 Å². The maximum atomic E-state index is 10.2. The Kier molecular flexibility index (Phi) is 4.11. The van der Waals surface area contributed by atoms with E-state index in [9.17, 15) is 5.11 Å². The number of ether oxygens (including phenoxy) is 1. The molecule has 1 unspecified atom stereocenters. The highest BCUT2D eigenvalue weighted by Gasteiger charge is 2.36. The minimum atomic E-state index is 0.0841. The minimum absolute atomic E-state index is 0.0841. The molecule has 1 aromatic carbocycles. The van der Waals surface area contributed by atoms with Gasteiger partial charge in [-0.1, -0.05) is 32.8 Å². The van der Waals surface area contributed by atoms with Gasteiger partial charge in [-0.3, -0.25) is 0 Å². The Hall–Kier alpha value is -1.22. The fourth-order valence-corrected chi connectivity index (χ4v) is 4.25. The highest BCUT2D eigenvalue weighted by atomic mass is 16.5.